The van der Waals surface area contributed by atoms with Gasteiger partial charge >= 0.3 is 0 Å². The number of anilines is 1. The molecule has 16 heavy (non-hydrogen) atoms. The van der Waals surface area contributed by atoms with Gasteiger partial charge in [-0.05, 0) is 24.1 Å². The molecule has 0 aliphatic rings. The topological polar surface area (TPSA) is 75.3 Å². The number of nitrogens with one attached hydrogen (secondary N) is 1. The SMILES string of the molecule is CCCc1ccc(NC(=O)C(O)CN)cc1. The summed E-state index contributed by atoms with van der Waals surface area (Å²) < 4.78 is 0. The van der Waals surface area contributed by atoms with Crippen LogP contribution in [0.4, 0.5) is 5.69 Å². The summed E-state index contributed by atoms with van der Waals surface area (Å²) >= 11 is 0. The molecule has 1 rings (SSSR count). The Labute approximate surface area is 95.5 Å². The van der Waals surface area contributed by atoms with Gasteiger partial charge in [-0.15, -0.1) is 0 Å². The number of carbonyl (C=O) groups excluding carboxylic acids is 1. The molecule has 0 bridgehead atoms. The second kappa shape index (κ2) is 6.25. The van der Waals surface area contributed by atoms with Crippen molar-refractivity contribution in [1.29, 1.82) is 0 Å². The number of carbonyl (C=O) groups is 1. The molecule has 0 fully saturated rings. The second-order valence-corrected chi connectivity index (χ2v) is 3.69. The standard InChI is InChI=1S/C12H18N2O2/c1-2-3-9-4-6-10(7-5-9)14-12(16)11(15)8-13/h4-7,11,15H,2-3,8,13H2,1H3,(H,14,16). The molecule has 0 saturated heterocycles. The first-order valence-electron chi connectivity index (χ1n) is 5.45. The largest absolute Gasteiger partial charge is 0.382 e. The normalized spacial score (nSPS) is 12.2. The van der Waals surface area contributed by atoms with Crippen molar-refractivity contribution in [3.05, 3.63) is 29.8 Å². The zero-order valence-corrected chi connectivity index (χ0v) is 9.44. The summed E-state index contributed by atoms with van der Waals surface area (Å²) in [5.74, 6) is -0.467. The average molecular weight is 222 g/mol. The highest BCUT2D eigenvalue weighted by Crippen LogP contribution is 2.11. The first-order valence-corrected chi connectivity index (χ1v) is 5.45. The van der Waals surface area contributed by atoms with E-state index in [4.69, 9.17) is 5.73 Å². The third-order valence-electron chi connectivity index (χ3n) is 2.29. The number of hydrogen-bond donors (Lipinski definition) is 3. The molecule has 0 saturated carbocycles. The maximum atomic E-state index is 11.3. The molecule has 4 nitrogen and oxygen atoms in total. The minimum Gasteiger partial charge on any atom is -0.382 e. The number of nitrogens with two attached hydrogens (primary N) is 1. The van der Waals surface area contributed by atoms with E-state index in [1.807, 2.05) is 24.3 Å². The van der Waals surface area contributed by atoms with Crippen molar-refractivity contribution in [2.45, 2.75) is 25.9 Å². The van der Waals surface area contributed by atoms with Crippen LogP contribution in [0, 0.1) is 0 Å². The summed E-state index contributed by atoms with van der Waals surface area (Å²) in [6.45, 7) is 2.05. The van der Waals surface area contributed by atoms with Gasteiger partial charge in [0.25, 0.3) is 5.91 Å². The van der Waals surface area contributed by atoms with Crippen LogP contribution in [0.1, 0.15) is 18.9 Å². The average Bonchev–Trinajstić information content (AvgIpc) is 2.31. The summed E-state index contributed by atoms with van der Waals surface area (Å²) in [6.07, 6.45) is 0.979. The molecule has 4 heteroatoms. The van der Waals surface area contributed by atoms with Crippen molar-refractivity contribution in [3.8, 4) is 0 Å². The predicted octanol–water partition coefficient (Wildman–Crippen LogP) is 0.897. The smallest absolute Gasteiger partial charge is 0.254 e. The van der Waals surface area contributed by atoms with E-state index < -0.39 is 12.0 Å². The Kier molecular flexibility index (Phi) is 4.95. The molecule has 1 atom stereocenters. The molecule has 1 unspecified atom stereocenters. The van der Waals surface area contributed by atoms with Crippen molar-refractivity contribution in [3.63, 3.8) is 0 Å². The Hall–Kier alpha value is -1.39. The van der Waals surface area contributed by atoms with Crippen LogP contribution in [0.25, 0.3) is 0 Å². The fourth-order valence-corrected chi connectivity index (χ4v) is 1.38. The van der Waals surface area contributed by atoms with E-state index in [0.717, 1.165) is 12.8 Å². The lowest BCUT2D eigenvalue weighted by Gasteiger charge is -2.09. The summed E-state index contributed by atoms with van der Waals surface area (Å²) in [6, 6.07) is 7.58. The van der Waals surface area contributed by atoms with Gasteiger partial charge in [0.2, 0.25) is 0 Å². The fraction of sp³-hybridized carbons (Fsp3) is 0.417. The first kappa shape index (κ1) is 12.7. The van der Waals surface area contributed by atoms with Crippen molar-refractivity contribution in [2.24, 2.45) is 5.73 Å². The van der Waals surface area contributed by atoms with Crippen LogP contribution in [-0.2, 0) is 11.2 Å². The lowest BCUT2D eigenvalue weighted by molar-refractivity contribution is -0.123. The van der Waals surface area contributed by atoms with Gasteiger partial charge in [-0.2, -0.15) is 0 Å². The molecule has 0 spiro atoms. The monoisotopic (exact) mass is 222 g/mol. The molecule has 1 aromatic carbocycles. The van der Waals surface area contributed by atoms with Crippen LogP contribution in [0.15, 0.2) is 24.3 Å². The predicted molar refractivity (Wildman–Crippen MR) is 64.1 cm³/mol. The highest BCUT2D eigenvalue weighted by Gasteiger charge is 2.12. The Morgan fingerprint density at radius 3 is 2.56 bits per heavy atom. The molecule has 0 aliphatic carbocycles. The van der Waals surface area contributed by atoms with Gasteiger partial charge in [0, 0.05) is 12.2 Å². The molecule has 88 valence electrons. The molecule has 0 radical (unpaired) electrons. The second-order valence-electron chi connectivity index (χ2n) is 3.69. The number of aryl methyl sites for hydroxylation is 1. The Morgan fingerprint density at radius 2 is 2.06 bits per heavy atom. The number of rotatable bonds is 5. The van der Waals surface area contributed by atoms with Crippen LogP contribution in [-0.4, -0.2) is 23.7 Å². The van der Waals surface area contributed by atoms with E-state index in [1.165, 1.54) is 5.56 Å². The third kappa shape index (κ3) is 3.64. The van der Waals surface area contributed by atoms with E-state index in [9.17, 15) is 9.90 Å². The lowest BCUT2D eigenvalue weighted by Crippen LogP contribution is -2.34. The van der Waals surface area contributed by atoms with Gasteiger partial charge in [-0.3, -0.25) is 4.79 Å². The van der Waals surface area contributed by atoms with E-state index in [-0.39, 0.29) is 6.54 Å². The lowest BCUT2D eigenvalue weighted by atomic mass is 10.1. The zero-order valence-electron chi connectivity index (χ0n) is 9.44. The van der Waals surface area contributed by atoms with Gasteiger partial charge < -0.3 is 16.2 Å². The quantitative estimate of drug-likeness (QED) is 0.692. The molecular weight excluding hydrogens is 204 g/mol. The van der Waals surface area contributed by atoms with E-state index in [1.54, 1.807) is 0 Å². The molecule has 1 amide bonds. The van der Waals surface area contributed by atoms with Gasteiger partial charge in [-0.25, -0.2) is 0 Å². The summed E-state index contributed by atoms with van der Waals surface area (Å²) in [5, 5.41) is 11.8. The molecule has 0 aliphatic heterocycles. The molecular formula is C12H18N2O2. The number of aliphatic hydroxyl groups excluding tert-OH is 1. The van der Waals surface area contributed by atoms with Gasteiger partial charge in [-0.1, -0.05) is 25.5 Å². The minimum absolute atomic E-state index is 0.0697. The summed E-state index contributed by atoms with van der Waals surface area (Å²) in [5.41, 5.74) is 7.09. The number of hydrogen-bond acceptors (Lipinski definition) is 3. The van der Waals surface area contributed by atoms with E-state index in [2.05, 4.69) is 12.2 Å². The van der Waals surface area contributed by atoms with Crippen molar-refractivity contribution in [2.75, 3.05) is 11.9 Å². The summed E-state index contributed by atoms with van der Waals surface area (Å²) in [7, 11) is 0. The maximum absolute atomic E-state index is 11.3. The Bertz CT molecular complexity index is 335. The van der Waals surface area contributed by atoms with Crippen LogP contribution < -0.4 is 11.1 Å². The molecule has 1 aromatic rings. The highest BCUT2D eigenvalue weighted by molar-refractivity contribution is 5.94. The van der Waals surface area contributed by atoms with Crippen molar-refractivity contribution < 1.29 is 9.90 Å². The number of benzene rings is 1. The van der Waals surface area contributed by atoms with Gasteiger partial charge in [0.05, 0.1) is 0 Å². The van der Waals surface area contributed by atoms with Crippen molar-refractivity contribution >= 4 is 11.6 Å². The van der Waals surface area contributed by atoms with E-state index in [0.29, 0.717) is 5.69 Å². The van der Waals surface area contributed by atoms with Gasteiger partial charge in [0.15, 0.2) is 0 Å². The molecule has 0 aromatic heterocycles. The fourth-order valence-electron chi connectivity index (χ4n) is 1.38. The Balaban J connectivity index is 2.58. The van der Waals surface area contributed by atoms with Crippen LogP contribution in [0.2, 0.25) is 0 Å². The maximum Gasteiger partial charge on any atom is 0.254 e. The number of amides is 1. The molecule has 0 heterocycles. The summed E-state index contributed by atoms with van der Waals surface area (Å²) in [4.78, 5) is 11.3. The van der Waals surface area contributed by atoms with Crippen LogP contribution >= 0.6 is 0 Å². The third-order valence-corrected chi connectivity index (χ3v) is 2.29. The Morgan fingerprint density at radius 1 is 1.44 bits per heavy atom. The highest BCUT2D eigenvalue weighted by atomic mass is 16.3. The zero-order chi connectivity index (χ0) is 12.0. The van der Waals surface area contributed by atoms with Crippen LogP contribution in [0.5, 0.6) is 0 Å². The van der Waals surface area contributed by atoms with Crippen LogP contribution in [0.3, 0.4) is 0 Å². The van der Waals surface area contributed by atoms with Gasteiger partial charge in [0.1, 0.15) is 6.10 Å². The molecule has 4 N–H and O–H groups in total. The number of aliphatic hydroxyl groups is 1. The first-order chi connectivity index (χ1) is 7.67. The van der Waals surface area contributed by atoms with E-state index >= 15 is 0 Å². The minimum atomic E-state index is -1.14. The van der Waals surface area contributed by atoms with Crippen molar-refractivity contribution in [1.82, 2.24) is 0 Å².